The molecule has 1 saturated heterocycles. The third-order valence-corrected chi connectivity index (χ3v) is 4.85. The summed E-state index contributed by atoms with van der Waals surface area (Å²) in [5, 5.41) is 9.94. The highest BCUT2D eigenvalue weighted by molar-refractivity contribution is 7.08. The van der Waals surface area contributed by atoms with E-state index in [0.29, 0.717) is 31.0 Å². The lowest BCUT2D eigenvalue weighted by molar-refractivity contribution is -0.134. The highest BCUT2D eigenvalue weighted by Gasteiger charge is 2.24. The Morgan fingerprint density at radius 1 is 1.39 bits per heavy atom. The molecule has 23 heavy (non-hydrogen) atoms. The Labute approximate surface area is 142 Å². The molecule has 1 aromatic rings. The van der Waals surface area contributed by atoms with Crippen LogP contribution in [0.15, 0.2) is 16.8 Å². The average molecular weight is 337 g/mol. The van der Waals surface area contributed by atoms with Crippen molar-refractivity contribution in [2.24, 2.45) is 0 Å². The molecule has 0 aliphatic carbocycles. The summed E-state index contributed by atoms with van der Waals surface area (Å²) in [7, 11) is 0. The number of carbonyl (C=O) groups is 2. The van der Waals surface area contributed by atoms with Crippen LogP contribution in [0.1, 0.15) is 49.4 Å². The van der Waals surface area contributed by atoms with Gasteiger partial charge in [0.1, 0.15) is 0 Å². The van der Waals surface area contributed by atoms with Crippen LogP contribution in [0.3, 0.4) is 0 Å². The first-order valence-electron chi connectivity index (χ1n) is 8.53. The molecular formula is C17H27N3O2S. The van der Waals surface area contributed by atoms with Gasteiger partial charge in [-0.2, -0.15) is 11.3 Å². The molecule has 0 unspecified atom stereocenters. The number of carbonyl (C=O) groups excluding carboxylic acids is 2. The fourth-order valence-corrected chi connectivity index (χ4v) is 3.59. The highest BCUT2D eigenvalue weighted by Crippen LogP contribution is 2.14. The van der Waals surface area contributed by atoms with Gasteiger partial charge >= 0.3 is 0 Å². The summed E-state index contributed by atoms with van der Waals surface area (Å²) in [5.41, 5.74) is 0.698. The van der Waals surface area contributed by atoms with E-state index in [1.165, 1.54) is 11.3 Å². The zero-order valence-corrected chi connectivity index (χ0v) is 14.7. The van der Waals surface area contributed by atoms with Crippen LogP contribution in [-0.4, -0.2) is 48.9 Å². The third kappa shape index (κ3) is 5.62. The molecule has 0 radical (unpaired) electrons. The summed E-state index contributed by atoms with van der Waals surface area (Å²) >= 11 is 1.51. The standard InChI is InChI=1S/C17H27N3O2S/c1-2-11-20(15-5-9-18-10-6-15)16(21)4-3-8-19-17(22)14-7-12-23-13-14/h7,12-13,15,18H,2-6,8-11H2,1H3,(H,19,22). The Morgan fingerprint density at radius 3 is 2.83 bits per heavy atom. The van der Waals surface area contributed by atoms with E-state index in [0.717, 1.165) is 38.9 Å². The van der Waals surface area contributed by atoms with Gasteiger partial charge in [-0.1, -0.05) is 6.92 Å². The second kappa shape index (κ2) is 9.67. The Balaban J connectivity index is 1.72. The van der Waals surface area contributed by atoms with Gasteiger partial charge in [0.2, 0.25) is 5.91 Å². The van der Waals surface area contributed by atoms with Crippen molar-refractivity contribution in [2.45, 2.75) is 45.1 Å². The maximum atomic E-state index is 12.5. The van der Waals surface area contributed by atoms with Crippen molar-refractivity contribution in [1.29, 1.82) is 0 Å². The van der Waals surface area contributed by atoms with E-state index in [-0.39, 0.29) is 11.8 Å². The van der Waals surface area contributed by atoms with Crippen molar-refractivity contribution in [1.82, 2.24) is 15.5 Å². The monoisotopic (exact) mass is 337 g/mol. The largest absolute Gasteiger partial charge is 0.352 e. The molecule has 1 aliphatic heterocycles. The topological polar surface area (TPSA) is 61.4 Å². The van der Waals surface area contributed by atoms with Crippen molar-refractivity contribution < 1.29 is 9.59 Å². The van der Waals surface area contributed by atoms with E-state index in [9.17, 15) is 9.59 Å². The normalized spacial score (nSPS) is 15.3. The predicted octanol–water partition coefficient (Wildman–Crippen LogP) is 2.25. The lowest BCUT2D eigenvalue weighted by atomic mass is 10.0. The van der Waals surface area contributed by atoms with Gasteiger partial charge in [0.05, 0.1) is 0 Å². The second-order valence-electron chi connectivity index (χ2n) is 5.94. The van der Waals surface area contributed by atoms with Crippen molar-refractivity contribution in [2.75, 3.05) is 26.2 Å². The molecule has 0 saturated carbocycles. The van der Waals surface area contributed by atoms with Crippen LogP contribution >= 0.6 is 11.3 Å². The zero-order chi connectivity index (χ0) is 16.5. The van der Waals surface area contributed by atoms with Crippen LogP contribution in [0.25, 0.3) is 0 Å². The maximum absolute atomic E-state index is 12.5. The van der Waals surface area contributed by atoms with E-state index in [1.54, 1.807) is 0 Å². The number of hydrogen-bond acceptors (Lipinski definition) is 4. The van der Waals surface area contributed by atoms with Gasteiger partial charge in [0.15, 0.2) is 0 Å². The van der Waals surface area contributed by atoms with E-state index < -0.39 is 0 Å². The quantitative estimate of drug-likeness (QED) is 0.715. The first kappa shape index (κ1) is 17.9. The van der Waals surface area contributed by atoms with Gasteiger partial charge < -0.3 is 15.5 Å². The Bertz CT molecular complexity index is 484. The number of thiophene rings is 1. The van der Waals surface area contributed by atoms with Gasteiger partial charge in [-0.25, -0.2) is 0 Å². The fraction of sp³-hybridized carbons (Fsp3) is 0.647. The van der Waals surface area contributed by atoms with E-state index in [2.05, 4.69) is 22.5 Å². The predicted molar refractivity (Wildman–Crippen MR) is 93.8 cm³/mol. The van der Waals surface area contributed by atoms with E-state index in [1.807, 2.05) is 16.8 Å². The summed E-state index contributed by atoms with van der Waals surface area (Å²) in [5.74, 6) is 0.172. The lowest BCUT2D eigenvalue weighted by Gasteiger charge is -2.34. The summed E-state index contributed by atoms with van der Waals surface area (Å²) in [4.78, 5) is 26.4. The number of nitrogens with zero attached hydrogens (tertiary/aromatic N) is 1. The summed E-state index contributed by atoms with van der Waals surface area (Å²) in [6, 6.07) is 2.19. The molecule has 0 aromatic carbocycles. The summed E-state index contributed by atoms with van der Waals surface area (Å²) < 4.78 is 0. The third-order valence-electron chi connectivity index (χ3n) is 4.17. The van der Waals surface area contributed by atoms with Crippen LogP contribution in [0.5, 0.6) is 0 Å². The van der Waals surface area contributed by atoms with Gasteiger partial charge in [-0.3, -0.25) is 9.59 Å². The Hall–Kier alpha value is -1.40. The molecule has 0 atom stereocenters. The van der Waals surface area contributed by atoms with Crippen LogP contribution < -0.4 is 10.6 Å². The molecule has 1 aliphatic rings. The van der Waals surface area contributed by atoms with E-state index in [4.69, 9.17) is 0 Å². The van der Waals surface area contributed by atoms with Crippen molar-refractivity contribution in [3.05, 3.63) is 22.4 Å². The minimum Gasteiger partial charge on any atom is -0.352 e. The van der Waals surface area contributed by atoms with Crippen LogP contribution in [-0.2, 0) is 4.79 Å². The summed E-state index contributed by atoms with van der Waals surface area (Å²) in [6.07, 6.45) is 4.28. The Morgan fingerprint density at radius 2 is 2.17 bits per heavy atom. The fourth-order valence-electron chi connectivity index (χ4n) is 2.95. The molecule has 2 rings (SSSR count). The van der Waals surface area contributed by atoms with Gasteiger partial charge in [-0.05, 0) is 50.2 Å². The SMILES string of the molecule is CCCN(C(=O)CCCNC(=O)c1ccsc1)C1CCNCC1. The van der Waals surface area contributed by atoms with Gasteiger partial charge in [0, 0.05) is 36.5 Å². The summed E-state index contributed by atoms with van der Waals surface area (Å²) in [6.45, 7) is 5.49. The molecule has 1 aromatic heterocycles. The van der Waals surface area contributed by atoms with Gasteiger partial charge in [0.25, 0.3) is 5.91 Å². The molecule has 2 N–H and O–H groups in total. The minimum atomic E-state index is -0.0533. The molecular weight excluding hydrogens is 310 g/mol. The molecule has 5 nitrogen and oxygen atoms in total. The first-order valence-corrected chi connectivity index (χ1v) is 9.47. The number of nitrogens with one attached hydrogen (secondary N) is 2. The molecule has 2 heterocycles. The molecule has 6 heteroatoms. The molecule has 0 bridgehead atoms. The number of hydrogen-bond donors (Lipinski definition) is 2. The van der Waals surface area contributed by atoms with E-state index >= 15 is 0 Å². The van der Waals surface area contributed by atoms with Crippen molar-refractivity contribution in [3.8, 4) is 0 Å². The average Bonchev–Trinajstić information content (AvgIpc) is 3.11. The van der Waals surface area contributed by atoms with Crippen molar-refractivity contribution >= 4 is 23.2 Å². The minimum absolute atomic E-state index is 0.0533. The molecule has 2 amide bonds. The van der Waals surface area contributed by atoms with Crippen LogP contribution in [0.4, 0.5) is 0 Å². The number of piperidine rings is 1. The smallest absolute Gasteiger partial charge is 0.252 e. The highest BCUT2D eigenvalue weighted by atomic mass is 32.1. The number of rotatable bonds is 8. The maximum Gasteiger partial charge on any atom is 0.252 e. The zero-order valence-electron chi connectivity index (χ0n) is 13.8. The number of amides is 2. The van der Waals surface area contributed by atoms with Crippen molar-refractivity contribution in [3.63, 3.8) is 0 Å². The molecule has 1 fully saturated rings. The first-order chi connectivity index (χ1) is 11.2. The van der Waals surface area contributed by atoms with Crippen LogP contribution in [0, 0.1) is 0 Å². The lowest BCUT2D eigenvalue weighted by Crippen LogP contribution is -2.46. The molecule has 128 valence electrons. The second-order valence-corrected chi connectivity index (χ2v) is 6.72. The van der Waals surface area contributed by atoms with Crippen LogP contribution in [0.2, 0.25) is 0 Å². The molecule has 0 spiro atoms. The Kier molecular flexibility index (Phi) is 7.55. The van der Waals surface area contributed by atoms with Gasteiger partial charge in [-0.15, -0.1) is 0 Å².